The predicted octanol–water partition coefficient (Wildman–Crippen LogP) is 5.32. The molecule has 1 aliphatic carbocycles. The van der Waals surface area contributed by atoms with Crippen molar-refractivity contribution in [1.29, 1.82) is 0 Å². The van der Waals surface area contributed by atoms with E-state index in [0.29, 0.717) is 17.9 Å². The Balaban J connectivity index is 1.79. The Labute approximate surface area is 144 Å². The molecular formula is C19H15Cl2NO. The molecule has 1 heterocycles. The number of hydrogen-bond acceptors (Lipinski definition) is 1. The first kappa shape index (κ1) is 14.8. The van der Waals surface area contributed by atoms with Crippen LogP contribution >= 0.6 is 23.2 Å². The summed E-state index contributed by atoms with van der Waals surface area (Å²) in [7, 11) is 0. The molecule has 0 bridgehead atoms. The number of ketones is 1. The summed E-state index contributed by atoms with van der Waals surface area (Å²) in [5.41, 5.74) is 4.44. The highest BCUT2D eigenvalue weighted by molar-refractivity contribution is 6.31. The van der Waals surface area contributed by atoms with Crippen molar-refractivity contribution >= 4 is 39.9 Å². The average molecular weight is 344 g/mol. The van der Waals surface area contributed by atoms with Crippen LogP contribution < -0.4 is 0 Å². The second-order valence-corrected chi connectivity index (χ2v) is 7.02. The molecule has 1 atom stereocenters. The zero-order chi connectivity index (χ0) is 16.0. The van der Waals surface area contributed by atoms with Crippen LogP contribution in [-0.4, -0.2) is 10.8 Å². The van der Waals surface area contributed by atoms with E-state index < -0.39 is 0 Å². The average Bonchev–Trinajstić information content (AvgIpc) is 2.74. The van der Waals surface area contributed by atoms with Gasteiger partial charge in [-0.1, -0.05) is 41.4 Å². The van der Waals surface area contributed by atoms with E-state index in [1.54, 1.807) is 0 Å². The van der Waals surface area contributed by atoms with Crippen molar-refractivity contribution in [2.75, 3.05) is 0 Å². The second kappa shape index (κ2) is 5.70. The minimum absolute atomic E-state index is 0.185. The molecule has 0 amide bonds. The fraction of sp³-hybridized carbons (Fsp3) is 0.211. The van der Waals surface area contributed by atoms with Gasteiger partial charge in [0.1, 0.15) is 5.78 Å². The molecule has 1 unspecified atom stereocenters. The van der Waals surface area contributed by atoms with Crippen LogP contribution in [0.1, 0.15) is 29.2 Å². The molecule has 0 saturated heterocycles. The molecule has 1 aliphatic rings. The van der Waals surface area contributed by atoms with Gasteiger partial charge in [-0.25, -0.2) is 0 Å². The molecule has 1 N–H and O–H groups in total. The van der Waals surface area contributed by atoms with Crippen molar-refractivity contribution in [3.63, 3.8) is 0 Å². The highest BCUT2D eigenvalue weighted by Crippen LogP contribution is 2.34. The number of fused-ring (bicyclic) bond motifs is 3. The minimum atomic E-state index is 0.185. The molecule has 4 rings (SSSR count). The van der Waals surface area contributed by atoms with Crippen molar-refractivity contribution in [1.82, 2.24) is 4.98 Å². The van der Waals surface area contributed by atoms with E-state index in [0.717, 1.165) is 39.2 Å². The van der Waals surface area contributed by atoms with Crippen LogP contribution in [0.2, 0.25) is 10.0 Å². The van der Waals surface area contributed by atoms with E-state index in [9.17, 15) is 4.79 Å². The monoisotopic (exact) mass is 343 g/mol. The van der Waals surface area contributed by atoms with Crippen molar-refractivity contribution < 1.29 is 4.79 Å². The number of halogens is 2. The van der Waals surface area contributed by atoms with Crippen LogP contribution in [0.4, 0.5) is 0 Å². The van der Waals surface area contributed by atoms with Crippen LogP contribution in [-0.2, 0) is 17.6 Å². The van der Waals surface area contributed by atoms with E-state index in [1.807, 2.05) is 42.5 Å². The number of aromatic amines is 1. The fourth-order valence-corrected chi connectivity index (χ4v) is 3.79. The molecule has 116 valence electrons. The lowest BCUT2D eigenvalue weighted by molar-refractivity contribution is -0.118. The Morgan fingerprint density at radius 3 is 2.48 bits per heavy atom. The fourth-order valence-electron chi connectivity index (χ4n) is 3.49. The normalized spacial score (nSPS) is 18.0. The third kappa shape index (κ3) is 2.77. The summed E-state index contributed by atoms with van der Waals surface area (Å²) >= 11 is 12.1. The molecule has 1 aromatic heterocycles. The summed E-state index contributed by atoms with van der Waals surface area (Å²) < 4.78 is 0. The van der Waals surface area contributed by atoms with Crippen LogP contribution in [0.15, 0.2) is 42.5 Å². The maximum atomic E-state index is 12.4. The summed E-state index contributed by atoms with van der Waals surface area (Å²) in [4.78, 5) is 15.9. The Morgan fingerprint density at radius 2 is 1.70 bits per heavy atom. The first-order valence-corrected chi connectivity index (χ1v) is 8.42. The van der Waals surface area contributed by atoms with E-state index >= 15 is 0 Å². The van der Waals surface area contributed by atoms with E-state index in [2.05, 4.69) is 4.98 Å². The van der Waals surface area contributed by atoms with Gasteiger partial charge in [0.05, 0.1) is 0 Å². The number of carbonyl (C=O) groups excluding carboxylic acids is 1. The van der Waals surface area contributed by atoms with Crippen molar-refractivity contribution in [3.8, 4) is 0 Å². The molecule has 4 heteroatoms. The number of benzene rings is 2. The molecule has 0 fully saturated rings. The first-order chi connectivity index (χ1) is 11.1. The van der Waals surface area contributed by atoms with Gasteiger partial charge in [0, 0.05) is 39.5 Å². The van der Waals surface area contributed by atoms with Crippen LogP contribution in [0.5, 0.6) is 0 Å². The van der Waals surface area contributed by atoms with Gasteiger partial charge in [0.25, 0.3) is 0 Å². The number of hydrogen-bond donors (Lipinski definition) is 1. The predicted molar refractivity (Wildman–Crippen MR) is 94.5 cm³/mol. The molecule has 2 aromatic carbocycles. The number of Topliss-reactive ketones (excluding diaryl/α,β-unsaturated/α-hetero) is 1. The summed E-state index contributed by atoms with van der Waals surface area (Å²) in [5.74, 6) is 0.462. The van der Waals surface area contributed by atoms with Crippen molar-refractivity contribution in [2.24, 2.45) is 0 Å². The minimum Gasteiger partial charge on any atom is -0.358 e. The van der Waals surface area contributed by atoms with Crippen molar-refractivity contribution in [2.45, 2.75) is 25.2 Å². The van der Waals surface area contributed by atoms with Crippen molar-refractivity contribution in [3.05, 3.63) is 69.3 Å². The van der Waals surface area contributed by atoms with E-state index in [4.69, 9.17) is 23.2 Å². The van der Waals surface area contributed by atoms with Gasteiger partial charge in [0.15, 0.2) is 0 Å². The van der Waals surface area contributed by atoms with Gasteiger partial charge in [0.2, 0.25) is 0 Å². The highest BCUT2D eigenvalue weighted by atomic mass is 35.5. The lowest BCUT2D eigenvalue weighted by Crippen LogP contribution is -2.07. The SMILES string of the molecule is O=C1Cc2c([nH]c3cc(Cl)ccc23)CC(c2ccc(Cl)cc2)C1. The maximum absolute atomic E-state index is 12.4. The lowest BCUT2D eigenvalue weighted by Gasteiger charge is -2.14. The Kier molecular flexibility index (Phi) is 3.67. The zero-order valence-corrected chi connectivity index (χ0v) is 13.9. The molecule has 2 nitrogen and oxygen atoms in total. The van der Waals surface area contributed by atoms with Gasteiger partial charge >= 0.3 is 0 Å². The number of carbonyl (C=O) groups is 1. The Morgan fingerprint density at radius 1 is 0.957 bits per heavy atom. The second-order valence-electron chi connectivity index (χ2n) is 6.14. The van der Waals surface area contributed by atoms with Gasteiger partial charge in [-0.2, -0.15) is 0 Å². The quantitative estimate of drug-likeness (QED) is 0.596. The van der Waals surface area contributed by atoms with Gasteiger partial charge in [-0.05, 0) is 47.7 Å². The summed E-state index contributed by atoms with van der Waals surface area (Å²) in [6.45, 7) is 0. The third-order valence-corrected chi connectivity index (χ3v) is 5.08. The molecular weight excluding hydrogens is 329 g/mol. The molecule has 0 saturated carbocycles. The lowest BCUT2D eigenvalue weighted by atomic mass is 9.91. The summed E-state index contributed by atoms with van der Waals surface area (Å²) in [6, 6.07) is 13.6. The summed E-state index contributed by atoms with van der Waals surface area (Å²) in [5, 5.41) is 2.53. The summed E-state index contributed by atoms with van der Waals surface area (Å²) in [6.07, 6.45) is 1.88. The van der Waals surface area contributed by atoms with Gasteiger partial charge in [-0.15, -0.1) is 0 Å². The molecule has 0 aliphatic heterocycles. The van der Waals surface area contributed by atoms with Crippen LogP contribution in [0.3, 0.4) is 0 Å². The highest BCUT2D eigenvalue weighted by Gasteiger charge is 2.25. The van der Waals surface area contributed by atoms with Crippen LogP contribution in [0.25, 0.3) is 10.9 Å². The number of rotatable bonds is 1. The zero-order valence-electron chi connectivity index (χ0n) is 12.4. The first-order valence-electron chi connectivity index (χ1n) is 7.66. The van der Waals surface area contributed by atoms with Crippen LogP contribution in [0, 0.1) is 0 Å². The largest absolute Gasteiger partial charge is 0.358 e. The Bertz CT molecular complexity index is 896. The standard InChI is InChI=1S/C19H15Cl2NO/c20-13-3-1-11(2-4-13)12-7-15(23)10-17-16-6-5-14(21)9-19(16)22-18(17)8-12/h1-6,9,12,22H,7-8,10H2. The van der Waals surface area contributed by atoms with E-state index in [1.165, 1.54) is 0 Å². The Hall–Kier alpha value is -1.77. The van der Waals surface area contributed by atoms with Gasteiger partial charge in [-0.3, -0.25) is 4.79 Å². The van der Waals surface area contributed by atoms with E-state index in [-0.39, 0.29) is 11.7 Å². The molecule has 23 heavy (non-hydrogen) atoms. The molecule has 0 radical (unpaired) electrons. The third-order valence-electron chi connectivity index (χ3n) is 4.60. The molecule has 0 spiro atoms. The topological polar surface area (TPSA) is 32.9 Å². The number of nitrogens with one attached hydrogen (secondary N) is 1. The maximum Gasteiger partial charge on any atom is 0.137 e. The smallest absolute Gasteiger partial charge is 0.137 e. The number of aromatic nitrogens is 1. The van der Waals surface area contributed by atoms with Gasteiger partial charge < -0.3 is 4.98 Å². The molecule has 3 aromatic rings. The number of H-pyrrole nitrogens is 1.